The summed E-state index contributed by atoms with van der Waals surface area (Å²) in [6, 6.07) is 1.32. The molecule has 10 heteroatoms. The zero-order valence-corrected chi connectivity index (χ0v) is 16.3. The van der Waals surface area contributed by atoms with Crippen LogP contribution in [0.5, 0.6) is 0 Å². The molecule has 1 aromatic rings. The van der Waals surface area contributed by atoms with E-state index in [1.54, 1.807) is 0 Å². The van der Waals surface area contributed by atoms with Crippen LogP contribution in [0.25, 0.3) is 0 Å². The monoisotopic (exact) mass is 422 g/mol. The Morgan fingerprint density at radius 2 is 1.83 bits per heavy atom. The van der Waals surface area contributed by atoms with Crippen molar-refractivity contribution in [2.75, 3.05) is 36.1 Å². The smallest absolute Gasteiger partial charge is 0.391 e. The van der Waals surface area contributed by atoms with E-state index in [4.69, 9.17) is 11.5 Å². The molecule has 0 bridgehead atoms. The third-order valence-corrected chi connectivity index (χ3v) is 5.30. The van der Waals surface area contributed by atoms with Crippen molar-refractivity contribution in [3.63, 3.8) is 0 Å². The highest BCUT2D eigenvalue weighted by Crippen LogP contribution is 2.37. The first-order chi connectivity index (χ1) is 13.6. The lowest BCUT2D eigenvalue weighted by atomic mass is 9.89. The summed E-state index contributed by atoms with van der Waals surface area (Å²) in [5, 5.41) is 2.63. The number of nitrogens with one attached hydrogen (secondary N) is 1. The zero-order valence-electron chi connectivity index (χ0n) is 16.3. The molecule has 0 spiro atoms. The van der Waals surface area contributed by atoms with Crippen molar-refractivity contribution in [1.29, 1.82) is 0 Å². The molecule has 5 N–H and O–H groups in total. The standard InChI is InChI=1S/C12H16F2N4O.C7H11F3/c1-17-10-8(15)4-7(12(16)19)11(9(10)14)18-3-2-6(13)5-18;8-7(9,10)6-4-2-1-3-5-6/h4,6,17H,2-3,5,15H2,1H3,(H2,16,19);6H,1-5H2. The number of rotatable bonds is 3. The number of benzene rings is 1. The van der Waals surface area contributed by atoms with Gasteiger partial charge in [0.05, 0.1) is 28.5 Å². The molecular formula is C19H27F5N4O. The Kier molecular flexibility index (Phi) is 7.54. The second kappa shape index (κ2) is 9.49. The number of halogens is 5. The largest absolute Gasteiger partial charge is 0.397 e. The summed E-state index contributed by atoms with van der Waals surface area (Å²) in [7, 11) is 1.52. The maximum atomic E-state index is 14.4. The van der Waals surface area contributed by atoms with E-state index in [1.165, 1.54) is 18.0 Å². The molecule has 1 heterocycles. The average Bonchev–Trinajstić information content (AvgIpc) is 3.08. The maximum Gasteiger partial charge on any atom is 0.391 e. The summed E-state index contributed by atoms with van der Waals surface area (Å²) in [6.07, 6.45) is -1.47. The van der Waals surface area contributed by atoms with Crippen LogP contribution in [0, 0.1) is 11.7 Å². The summed E-state index contributed by atoms with van der Waals surface area (Å²) in [4.78, 5) is 12.9. The van der Waals surface area contributed by atoms with Crippen molar-refractivity contribution in [2.24, 2.45) is 11.7 Å². The summed E-state index contributed by atoms with van der Waals surface area (Å²) < 4.78 is 63.5. The molecule has 164 valence electrons. The molecule has 1 saturated carbocycles. The quantitative estimate of drug-likeness (QED) is 0.503. The van der Waals surface area contributed by atoms with E-state index in [0.717, 1.165) is 19.3 Å². The van der Waals surface area contributed by atoms with Gasteiger partial charge in [-0.25, -0.2) is 8.78 Å². The molecule has 1 aliphatic heterocycles. The molecule has 1 unspecified atom stereocenters. The van der Waals surface area contributed by atoms with Crippen molar-refractivity contribution in [1.82, 2.24) is 0 Å². The number of nitrogen functional groups attached to an aromatic ring is 1. The van der Waals surface area contributed by atoms with Crippen molar-refractivity contribution in [3.05, 3.63) is 17.4 Å². The van der Waals surface area contributed by atoms with Crippen LogP contribution in [-0.4, -0.2) is 38.4 Å². The fourth-order valence-electron chi connectivity index (χ4n) is 3.76. The molecule has 1 aromatic carbocycles. The Labute approximate surface area is 166 Å². The van der Waals surface area contributed by atoms with E-state index in [-0.39, 0.29) is 29.2 Å². The fraction of sp³-hybridized carbons (Fsp3) is 0.632. The Balaban J connectivity index is 0.000000253. The predicted molar refractivity (Wildman–Crippen MR) is 103 cm³/mol. The molecule has 1 amide bonds. The van der Waals surface area contributed by atoms with Crippen LogP contribution in [0.2, 0.25) is 0 Å². The van der Waals surface area contributed by atoms with Crippen LogP contribution in [-0.2, 0) is 0 Å². The molecule has 29 heavy (non-hydrogen) atoms. The van der Waals surface area contributed by atoms with Crippen molar-refractivity contribution < 1.29 is 26.7 Å². The molecule has 3 rings (SSSR count). The van der Waals surface area contributed by atoms with Crippen LogP contribution in [0.4, 0.5) is 39.0 Å². The van der Waals surface area contributed by atoms with Gasteiger partial charge in [-0.2, -0.15) is 13.2 Å². The van der Waals surface area contributed by atoms with Gasteiger partial charge in [0, 0.05) is 20.1 Å². The summed E-state index contributed by atoms with van der Waals surface area (Å²) in [5.41, 5.74) is 11.1. The third kappa shape index (κ3) is 5.63. The van der Waals surface area contributed by atoms with Crippen LogP contribution < -0.4 is 21.7 Å². The number of hydrogen-bond acceptors (Lipinski definition) is 4. The molecule has 0 aromatic heterocycles. The van der Waals surface area contributed by atoms with E-state index in [0.29, 0.717) is 25.8 Å². The zero-order chi connectivity index (χ0) is 21.8. The molecule has 1 saturated heterocycles. The van der Waals surface area contributed by atoms with E-state index < -0.39 is 30.0 Å². The van der Waals surface area contributed by atoms with Gasteiger partial charge in [-0.15, -0.1) is 0 Å². The van der Waals surface area contributed by atoms with E-state index in [9.17, 15) is 26.7 Å². The number of nitrogens with zero attached hydrogens (tertiary/aromatic N) is 1. The van der Waals surface area contributed by atoms with Gasteiger partial charge in [0.2, 0.25) is 0 Å². The molecule has 2 fully saturated rings. The van der Waals surface area contributed by atoms with Crippen molar-refractivity contribution in [3.8, 4) is 0 Å². The number of hydrogen-bond donors (Lipinski definition) is 3. The first-order valence-electron chi connectivity index (χ1n) is 9.61. The third-order valence-electron chi connectivity index (χ3n) is 5.30. The van der Waals surface area contributed by atoms with Gasteiger partial charge in [-0.1, -0.05) is 19.3 Å². The lowest BCUT2D eigenvalue weighted by Crippen LogP contribution is -2.26. The maximum absolute atomic E-state index is 14.4. The Morgan fingerprint density at radius 3 is 2.24 bits per heavy atom. The number of nitrogens with two attached hydrogens (primary N) is 2. The number of anilines is 3. The van der Waals surface area contributed by atoms with Gasteiger partial charge in [0.1, 0.15) is 6.17 Å². The number of alkyl halides is 4. The second-order valence-electron chi connectivity index (χ2n) is 7.37. The number of primary amides is 1. The average molecular weight is 422 g/mol. The SMILES string of the molecule is CNc1c(N)cc(C(N)=O)c(N2CCC(F)C2)c1F.FC(F)(F)C1CCCCC1. The van der Waals surface area contributed by atoms with Crippen LogP contribution >= 0.6 is 0 Å². The summed E-state index contributed by atoms with van der Waals surface area (Å²) in [6.45, 7) is 0.385. The van der Waals surface area contributed by atoms with Gasteiger partial charge in [0.15, 0.2) is 5.82 Å². The molecule has 2 aliphatic rings. The lowest BCUT2D eigenvalue weighted by Gasteiger charge is -2.23. The highest BCUT2D eigenvalue weighted by molar-refractivity contribution is 6.01. The van der Waals surface area contributed by atoms with Gasteiger partial charge in [-0.05, 0) is 25.3 Å². The van der Waals surface area contributed by atoms with Gasteiger partial charge < -0.3 is 21.7 Å². The number of carbonyl (C=O) groups is 1. The first kappa shape index (κ1) is 23.0. The molecule has 1 atom stereocenters. The second-order valence-corrected chi connectivity index (χ2v) is 7.37. The minimum Gasteiger partial charge on any atom is -0.397 e. The highest BCUT2D eigenvalue weighted by Gasteiger charge is 2.39. The fourth-order valence-corrected chi connectivity index (χ4v) is 3.76. The molecule has 5 nitrogen and oxygen atoms in total. The van der Waals surface area contributed by atoms with Crippen LogP contribution in [0.1, 0.15) is 48.9 Å². The van der Waals surface area contributed by atoms with Crippen LogP contribution in [0.3, 0.4) is 0 Å². The van der Waals surface area contributed by atoms with Gasteiger partial charge in [0.25, 0.3) is 5.91 Å². The Bertz CT molecular complexity index is 720. The van der Waals surface area contributed by atoms with Crippen molar-refractivity contribution in [2.45, 2.75) is 50.9 Å². The number of carbonyl (C=O) groups excluding carboxylic acids is 1. The van der Waals surface area contributed by atoms with Gasteiger partial charge >= 0.3 is 6.18 Å². The molecule has 0 radical (unpaired) electrons. The van der Waals surface area contributed by atoms with E-state index >= 15 is 0 Å². The van der Waals surface area contributed by atoms with Crippen LogP contribution in [0.15, 0.2) is 6.07 Å². The molecule has 1 aliphatic carbocycles. The van der Waals surface area contributed by atoms with Gasteiger partial charge in [-0.3, -0.25) is 4.79 Å². The predicted octanol–water partition coefficient (Wildman–Crippen LogP) is 4.23. The van der Waals surface area contributed by atoms with E-state index in [1.807, 2.05) is 0 Å². The summed E-state index contributed by atoms with van der Waals surface area (Å²) >= 11 is 0. The summed E-state index contributed by atoms with van der Waals surface area (Å²) in [5.74, 6) is -2.46. The lowest BCUT2D eigenvalue weighted by molar-refractivity contribution is -0.181. The van der Waals surface area contributed by atoms with Crippen molar-refractivity contribution >= 4 is 23.0 Å². The normalized spacial score (nSPS) is 20.2. The molecular weight excluding hydrogens is 395 g/mol. The minimum absolute atomic E-state index is 0.0196. The Morgan fingerprint density at radius 1 is 1.21 bits per heavy atom. The first-order valence-corrected chi connectivity index (χ1v) is 9.61. The topological polar surface area (TPSA) is 84.4 Å². The Hall–Kier alpha value is -2.26. The number of amides is 1. The minimum atomic E-state index is -3.93. The van der Waals surface area contributed by atoms with E-state index in [2.05, 4.69) is 5.32 Å². The highest BCUT2D eigenvalue weighted by atomic mass is 19.4.